The number of furan rings is 1. The molecule has 5 aromatic heterocycles. The predicted octanol–water partition coefficient (Wildman–Crippen LogP) is 14.4. The first-order valence-corrected chi connectivity index (χ1v) is 21.6. The minimum absolute atomic E-state index is 0.534. The van der Waals surface area contributed by atoms with Gasteiger partial charge in [-0.1, -0.05) is 152 Å². The van der Waals surface area contributed by atoms with E-state index in [4.69, 9.17) is 29.3 Å². The minimum Gasteiger partial charge on any atom is -0.456 e. The van der Waals surface area contributed by atoms with Crippen LogP contribution in [0.3, 0.4) is 0 Å². The highest BCUT2D eigenvalue weighted by Gasteiger charge is 2.22. The smallest absolute Gasteiger partial charge is 0.238 e. The van der Waals surface area contributed by atoms with Crippen molar-refractivity contribution in [3.05, 3.63) is 194 Å². The summed E-state index contributed by atoms with van der Waals surface area (Å²) in [6.45, 7) is 0. The van der Waals surface area contributed by atoms with Gasteiger partial charge in [0, 0.05) is 53.9 Å². The Morgan fingerprint density at radius 1 is 0.397 bits per heavy atom. The van der Waals surface area contributed by atoms with Gasteiger partial charge in [-0.25, -0.2) is 15.0 Å². The maximum Gasteiger partial charge on any atom is 0.238 e. The molecule has 0 radical (unpaired) electrons. The van der Waals surface area contributed by atoms with Crippen molar-refractivity contribution in [1.29, 1.82) is 0 Å². The van der Waals surface area contributed by atoms with Crippen molar-refractivity contribution in [1.82, 2.24) is 29.5 Å². The number of aromatic nitrogens is 6. The van der Waals surface area contributed by atoms with Crippen LogP contribution in [0.15, 0.2) is 199 Å². The lowest BCUT2D eigenvalue weighted by Crippen LogP contribution is -2.06. The van der Waals surface area contributed by atoms with E-state index in [-0.39, 0.29) is 0 Å². The molecule has 0 unspecified atom stereocenters. The third kappa shape index (κ3) is 5.76. The lowest BCUT2D eigenvalue weighted by Gasteiger charge is -2.11. The number of para-hydroxylation sites is 1. The molecule has 8 heteroatoms. The van der Waals surface area contributed by atoms with Crippen molar-refractivity contribution in [2.24, 2.45) is 0 Å². The van der Waals surface area contributed by atoms with Crippen molar-refractivity contribution in [2.45, 2.75) is 0 Å². The van der Waals surface area contributed by atoms with E-state index in [0.29, 0.717) is 23.4 Å². The van der Waals surface area contributed by atoms with Crippen LogP contribution in [0, 0.1) is 0 Å². The Bertz CT molecular complexity index is 3910. The normalized spacial score (nSPS) is 11.8. The van der Waals surface area contributed by atoms with E-state index < -0.39 is 0 Å². The quantitative estimate of drug-likeness (QED) is 0.166. The zero-order chi connectivity index (χ0) is 41.4. The number of fused-ring (bicyclic) bond motifs is 9. The molecule has 63 heavy (non-hydrogen) atoms. The number of thiophene rings is 1. The van der Waals surface area contributed by atoms with Crippen LogP contribution in [0.25, 0.3) is 127 Å². The molecule has 0 aliphatic rings. The zero-order valence-corrected chi connectivity index (χ0v) is 34.3. The highest BCUT2D eigenvalue weighted by Crippen LogP contribution is 2.43. The Morgan fingerprint density at radius 2 is 1.06 bits per heavy atom. The summed E-state index contributed by atoms with van der Waals surface area (Å²) >= 11 is 1.73. The molecular formula is C55H32N6OS. The van der Waals surface area contributed by atoms with Crippen molar-refractivity contribution in [2.75, 3.05) is 0 Å². The fourth-order valence-electron chi connectivity index (χ4n) is 8.96. The maximum absolute atomic E-state index is 6.57. The largest absolute Gasteiger partial charge is 0.456 e. The van der Waals surface area contributed by atoms with Gasteiger partial charge in [-0.3, -0.25) is 4.57 Å². The first-order chi connectivity index (χ1) is 31.2. The average Bonchev–Trinajstić information content (AvgIpc) is 4.03. The van der Waals surface area contributed by atoms with Crippen LogP contribution in [-0.2, 0) is 0 Å². The monoisotopic (exact) mass is 824 g/mol. The first-order valence-electron chi connectivity index (χ1n) is 20.8. The van der Waals surface area contributed by atoms with Crippen LogP contribution in [0.4, 0.5) is 0 Å². The van der Waals surface area contributed by atoms with Gasteiger partial charge in [0.15, 0.2) is 17.5 Å². The van der Waals surface area contributed by atoms with Crippen molar-refractivity contribution < 1.29 is 4.42 Å². The lowest BCUT2D eigenvalue weighted by atomic mass is 10.0. The van der Waals surface area contributed by atoms with E-state index in [1.165, 1.54) is 4.70 Å². The van der Waals surface area contributed by atoms with Crippen LogP contribution < -0.4 is 0 Å². The van der Waals surface area contributed by atoms with E-state index in [2.05, 4.69) is 132 Å². The zero-order valence-electron chi connectivity index (χ0n) is 33.5. The second-order valence-corrected chi connectivity index (χ2v) is 16.7. The number of rotatable bonds is 6. The second-order valence-electron chi connectivity index (χ2n) is 15.6. The van der Waals surface area contributed by atoms with Crippen molar-refractivity contribution in [3.63, 3.8) is 0 Å². The molecule has 7 nitrogen and oxygen atoms in total. The van der Waals surface area contributed by atoms with Gasteiger partial charge in [-0.15, -0.1) is 11.3 Å². The minimum atomic E-state index is 0.534. The predicted molar refractivity (Wildman–Crippen MR) is 257 cm³/mol. The molecular weight excluding hydrogens is 793 g/mol. The summed E-state index contributed by atoms with van der Waals surface area (Å²) in [5.41, 5.74) is 11.3. The molecule has 0 saturated carbocycles. The fraction of sp³-hybridized carbons (Fsp3) is 0. The van der Waals surface area contributed by atoms with E-state index >= 15 is 0 Å². The Kier molecular flexibility index (Phi) is 7.94. The summed E-state index contributed by atoms with van der Waals surface area (Å²) in [5, 5.41) is 5.22. The molecule has 0 bridgehead atoms. The highest BCUT2D eigenvalue weighted by molar-refractivity contribution is 7.26. The topological polar surface area (TPSA) is 82.5 Å². The molecule has 0 saturated heterocycles. The summed E-state index contributed by atoms with van der Waals surface area (Å²) in [6.07, 6.45) is 0. The summed E-state index contributed by atoms with van der Waals surface area (Å²) < 4.78 is 11.0. The van der Waals surface area contributed by atoms with Crippen LogP contribution in [-0.4, -0.2) is 29.5 Å². The van der Waals surface area contributed by atoms with Gasteiger partial charge in [-0.2, -0.15) is 9.97 Å². The Balaban J connectivity index is 1.04. The molecule has 0 N–H and O–H groups in total. The van der Waals surface area contributed by atoms with Crippen LogP contribution >= 0.6 is 11.3 Å². The van der Waals surface area contributed by atoms with Gasteiger partial charge in [0.1, 0.15) is 11.2 Å². The molecule has 294 valence electrons. The van der Waals surface area contributed by atoms with Crippen LogP contribution in [0.2, 0.25) is 0 Å². The van der Waals surface area contributed by atoms with Crippen LogP contribution in [0.1, 0.15) is 0 Å². The first kappa shape index (κ1) is 35.4. The number of hydrogen-bond acceptors (Lipinski definition) is 7. The van der Waals surface area contributed by atoms with Crippen molar-refractivity contribution in [3.8, 4) is 62.5 Å². The van der Waals surface area contributed by atoms with E-state index in [0.717, 1.165) is 98.4 Å². The lowest BCUT2D eigenvalue weighted by molar-refractivity contribution is 0.669. The molecule has 0 aliphatic carbocycles. The van der Waals surface area contributed by atoms with Crippen molar-refractivity contribution >= 4 is 75.4 Å². The highest BCUT2D eigenvalue weighted by atomic mass is 32.1. The molecule has 8 aromatic carbocycles. The molecule has 5 heterocycles. The summed E-state index contributed by atoms with van der Waals surface area (Å²) in [5.74, 6) is 2.30. The van der Waals surface area contributed by atoms with E-state index in [1.54, 1.807) is 11.3 Å². The average molecular weight is 825 g/mol. The Morgan fingerprint density at radius 3 is 1.87 bits per heavy atom. The Hall–Kier alpha value is -8.33. The Labute approximate surface area is 364 Å². The molecule has 13 aromatic rings. The molecule has 0 fully saturated rings. The molecule has 0 aliphatic heterocycles. The van der Waals surface area contributed by atoms with Gasteiger partial charge in [-0.05, 0) is 53.6 Å². The second kappa shape index (κ2) is 14.1. The molecule has 0 spiro atoms. The van der Waals surface area contributed by atoms with Gasteiger partial charge in [0.05, 0.1) is 26.9 Å². The van der Waals surface area contributed by atoms with Gasteiger partial charge in [0.25, 0.3) is 0 Å². The molecule has 0 atom stereocenters. The SMILES string of the molecule is c1ccc(-c2ccc3c4ccccc4n(-c4nc(-c5ccccc5)nc(-c5ccc6oc7cccc(-c8nc(-c9ccccc9)c9sc%10ccccc%10c9n8)c7c6c5)n4)c3c2)cc1. The standard InChI is InChI=1S/C55H32N6OS/c1-4-15-33(16-5-1)36-27-29-39-38-21-10-12-24-43(38)61(44(39)32-36)55-59-52(35-19-8-3-9-20-35)58-53(60-55)37-28-30-45-42(31-37)48-41(23-14-25-46(48)62-45)54-56-49(34-17-6-2-7-18-34)51-50(57-54)40-22-11-13-26-47(40)63-51/h1-32H. The van der Waals surface area contributed by atoms with Crippen LogP contribution in [0.5, 0.6) is 0 Å². The third-order valence-corrected chi connectivity index (χ3v) is 13.1. The van der Waals surface area contributed by atoms with Gasteiger partial charge < -0.3 is 4.42 Å². The molecule has 0 amide bonds. The number of nitrogens with zero attached hydrogens (tertiary/aromatic N) is 6. The number of hydrogen-bond donors (Lipinski definition) is 0. The fourth-order valence-corrected chi connectivity index (χ4v) is 10.1. The number of benzene rings is 8. The van der Waals surface area contributed by atoms with E-state index in [9.17, 15) is 0 Å². The summed E-state index contributed by atoms with van der Waals surface area (Å²) in [4.78, 5) is 26.4. The molecule has 13 rings (SSSR count). The van der Waals surface area contributed by atoms with Gasteiger partial charge >= 0.3 is 0 Å². The summed E-state index contributed by atoms with van der Waals surface area (Å²) in [7, 11) is 0. The van der Waals surface area contributed by atoms with Gasteiger partial charge in [0.2, 0.25) is 5.95 Å². The maximum atomic E-state index is 6.57. The summed E-state index contributed by atoms with van der Waals surface area (Å²) in [6, 6.07) is 66.8. The van der Waals surface area contributed by atoms with E-state index in [1.807, 2.05) is 66.7 Å². The third-order valence-electron chi connectivity index (χ3n) is 11.9.